The zero-order valence-electron chi connectivity index (χ0n) is 12.9. The number of benzene rings is 1. The molecule has 0 radical (unpaired) electrons. The molecule has 116 valence electrons. The first-order valence-corrected chi connectivity index (χ1v) is 7.28. The lowest BCUT2D eigenvalue weighted by molar-refractivity contribution is -0.120. The molecule has 0 bridgehead atoms. The Bertz CT molecular complexity index is 455. The molecule has 2 amide bonds. The second-order valence-corrected chi connectivity index (χ2v) is 5.09. The molecule has 2 N–H and O–H groups in total. The summed E-state index contributed by atoms with van der Waals surface area (Å²) in [5, 5.41) is 5.30. The largest absolute Gasteiger partial charge is 0.374 e. The Morgan fingerprint density at radius 3 is 2.38 bits per heavy atom. The lowest BCUT2D eigenvalue weighted by Gasteiger charge is -2.09. The van der Waals surface area contributed by atoms with Gasteiger partial charge in [-0.2, -0.15) is 0 Å². The van der Waals surface area contributed by atoms with Crippen molar-refractivity contribution in [3.8, 4) is 0 Å². The van der Waals surface area contributed by atoms with E-state index in [-0.39, 0.29) is 24.5 Å². The fourth-order valence-corrected chi connectivity index (χ4v) is 1.60. The maximum absolute atomic E-state index is 11.9. The lowest BCUT2D eigenvalue weighted by Crippen LogP contribution is -2.37. The standard InChI is InChI=1S/C16H24N2O3/c1-4-9-17-15(19)10-18-16(20)14-7-5-13(6-8-14)11-21-12(2)3/h5-8,12H,4,9-11H2,1-3H3,(H,17,19)(H,18,20). The van der Waals surface area contributed by atoms with Gasteiger partial charge in [-0.1, -0.05) is 19.1 Å². The Morgan fingerprint density at radius 2 is 1.81 bits per heavy atom. The normalized spacial score (nSPS) is 10.5. The Balaban J connectivity index is 2.42. The zero-order valence-corrected chi connectivity index (χ0v) is 12.9. The van der Waals surface area contributed by atoms with E-state index in [1.807, 2.05) is 32.9 Å². The number of hydrogen-bond donors (Lipinski definition) is 2. The molecule has 0 aromatic heterocycles. The van der Waals surface area contributed by atoms with E-state index in [4.69, 9.17) is 4.74 Å². The van der Waals surface area contributed by atoms with Crippen molar-refractivity contribution < 1.29 is 14.3 Å². The maximum Gasteiger partial charge on any atom is 0.251 e. The molecule has 0 atom stereocenters. The van der Waals surface area contributed by atoms with Crippen molar-refractivity contribution >= 4 is 11.8 Å². The average molecular weight is 292 g/mol. The predicted octanol–water partition coefficient (Wildman–Crippen LogP) is 1.87. The maximum atomic E-state index is 11.9. The molecule has 5 heteroatoms. The van der Waals surface area contributed by atoms with Crippen LogP contribution in [0.25, 0.3) is 0 Å². The van der Waals surface area contributed by atoms with Crippen molar-refractivity contribution in [2.24, 2.45) is 0 Å². The van der Waals surface area contributed by atoms with Crippen molar-refractivity contribution in [1.29, 1.82) is 0 Å². The fraction of sp³-hybridized carbons (Fsp3) is 0.500. The van der Waals surface area contributed by atoms with Gasteiger partial charge in [0.2, 0.25) is 5.91 Å². The minimum Gasteiger partial charge on any atom is -0.374 e. The highest BCUT2D eigenvalue weighted by molar-refractivity contribution is 5.96. The van der Waals surface area contributed by atoms with E-state index in [0.29, 0.717) is 18.7 Å². The molecule has 0 spiro atoms. The molecule has 0 aliphatic rings. The Hall–Kier alpha value is -1.88. The van der Waals surface area contributed by atoms with Crippen LogP contribution in [0.2, 0.25) is 0 Å². The SMILES string of the molecule is CCCNC(=O)CNC(=O)c1ccc(COC(C)C)cc1. The summed E-state index contributed by atoms with van der Waals surface area (Å²) in [6, 6.07) is 7.18. The van der Waals surface area contributed by atoms with Crippen molar-refractivity contribution in [1.82, 2.24) is 10.6 Å². The van der Waals surface area contributed by atoms with Crippen LogP contribution in [-0.2, 0) is 16.1 Å². The fourth-order valence-electron chi connectivity index (χ4n) is 1.60. The Kier molecular flexibility index (Phi) is 7.46. The van der Waals surface area contributed by atoms with Crippen LogP contribution in [0.1, 0.15) is 43.1 Å². The van der Waals surface area contributed by atoms with E-state index in [1.165, 1.54) is 0 Å². The van der Waals surface area contributed by atoms with Gasteiger partial charge in [-0.3, -0.25) is 9.59 Å². The monoisotopic (exact) mass is 292 g/mol. The summed E-state index contributed by atoms with van der Waals surface area (Å²) in [5.41, 5.74) is 1.55. The first kappa shape index (κ1) is 17.2. The first-order chi connectivity index (χ1) is 10.0. The van der Waals surface area contributed by atoms with Gasteiger partial charge < -0.3 is 15.4 Å². The van der Waals surface area contributed by atoms with E-state index in [1.54, 1.807) is 12.1 Å². The van der Waals surface area contributed by atoms with E-state index in [2.05, 4.69) is 10.6 Å². The van der Waals surface area contributed by atoms with Gasteiger partial charge in [0.15, 0.2) is 0 Å². The van der Waals surface area contributed by atoms with Crippen LogP contribution in [0.4, 0.5) is 0 Å². The van der Waals surface area contributed by atoms with E-state index < -0.39 is 0 Å². The van der Waals surface area contributed by atoms with Crippen LogP contribution < -0.4 is 10.6 Å². The number of carbonyl (C=O) groups excluding carboxylic acids is 2. The molecule has 0 unspecified atom stereocenters. The second kappa shape index (κ2) is 9.13. The number of hydrogen-bond acceptors (Lipinski definition) is 3. The third-order valence-electron chi connectivity index (χ3n) is 2.78. The van der Waals surface area contributed by atoms with Crippen molar-refractivity contribution in [2.45, 2.75) is 39.9 Å². The number of ether oxygens (including phenoxy) is 1. The molecule has 1 rings (SSSR count). The van der Waals surface area contributed by atoms with Gasteiger partial charge in [-0.15, -0.1) is 0 Å². The average Bonchev–Trinajstić information content (AvgIpc) is 2.49. The van der Waals surface area contributed by atoms with Crippen LogP contribution >= 0.6 is 0 Å². The van der Waals surface area contributed by atoms with Gasteiger partial charge in [0.1, 0.15) is 0 Å². The summed E-state index contributed by atoms with van der Waals surface area (Å²) in [7, 11) is 0. The highest BCUT2D eigenvalue weighted by Crippen LogP contribution is 2.07. The van der Waals surface area contributed by atoms with E-state index >= 15 is 0 Å². The quantitative estimate of drug-likeness (QED) is 0.768. The molecule has 0 aliphatic heterocycles. The Morgan fingerprint density at radius 1 is 1.14 bits per heavy atom. The zero-order chi connectivity index (χ0) is 15.7. The number of amides is 2. The summed E-state index contributed by atoms with van der Waals surface area (Å²) in [6.07, 6.45) is 1.05. The number of rotatable bonds is 8. The lowest BCUT2D eigenvalue weighted by atomic mass is 10.1. The van der Waals surface area contributed by atoms with Crippen LogP contribution in [0.3, 0.4) is 0 Å². The molecule has 21 heavy (non-hydrogen) atoms. The molecule has 0 heterocycles. The predicted molar refractivity (Wildman–Crippen MR) is 82.0 cm³/mol. The molecule has 5 nitrogen and oxygen atoms in total. The second-order valence-electron chi connectivity index (χ2n) is 5.09. The molecular weight excluding hydrogens is 268 g/mol. The number of nitrogens with one attached hydrogen (secondary N) is 2. The van der Waals surface area contributed by atoms with E-state index in [9.17, 15) is 9.59 Å². The molecule has 0 saturated heterocycles. The van der Waals surface area contributed by atoms with Crippen molar-refractivity contribution in [3.63, 3.8) is 0 Å². The molecule has 0 saturated carbocycles. The summed E-state index contributed by atoms with van der Waals surface area (Å²) in [4.78, 5) is 23.3. The highest BCUT2D eigenvalue weighted by atomic mass is 16.5. The topological polar surface area (TPSA) is 67.4 Å². The van der Waals surface area contributed by atoms with Gasteiger partial charge in [-0.05, 0) is 38.0 Å². The van der Waals surface area contributed by atoms with Crippen molar-refractivity contribution in [3.05, 3.63) is 35.4 Å². The van der Waals surface area contributed by atoms with Crippen LogP contribution in [0, 0.1) is 0 Å². The van der Waals surface area contributed by atoms with Gasteiger partial charge in [0.05, 0.1) is 19.3 Å². The van der Waals surface area contributed by atoms with Crippen LogP contribution in [0.5, 0.6) is 0 Å². The summed E-state index contributed by atoms with van der Waals surface area (Å²) in [6.45, 7) is 7.08. The first-order valence-electron chi connectivity index (χ1n) is 7.28. The summed E-state index contributed by atoms with van der Waals surface area (Å²) >= 11 is 0. The van der Waals surface area contributed by atoms with Gasteiger partial charge in [0, 0.05) is 12.1 Å². The van der Waals surface area contributed by atoms with Gasteiger partial charge >= 0.3 is 0 Å². The third-order valence-corrected chi connectivity index (χ3v) is 2.78. The molecule has 0 fully saturated rings. The smallest absolute Gasteiger partial charge is 0.251 e. The Labute approximate surface area is 126 Å². The summed E-state index contributed by atoms with van der Waals surface area (Å²) in [5.74, 6) is -0.426. The van der Waals surface area contributed by atoms with Gasteiger partial charge in [-0.25, -0.2) is 0 Å². The molecule has 1 aromatic carbocycles. The minimum absolute atomic E-state index is 0.00293. The number of carbonyl (C=O) groups is 2. The highest BCUT2D eigenvalue weighted by Gasteiger charge is 2.07. The summed E-state index contributed by atoms with van der Waals surface area (Å²) < 4.78 is 5.49. The van der Waals surface area contributed by atoms with Crippen LogP contribution in [0.15, 0.2) is 24.3 Å². The van der Waals surface area contributed by atoms with Gasteiger partial charge in [0.25, 0.3) is 5.91 Å². The minimum atomic E-state index is -0.252. The molecular formula is C16H24N2O3. The van der Waals surface area contributed by atoms with E-state index in [0.717, 1.165) is 12.0 Å². The third kappa shape index (κ3) is 6.90. The molecule has 0 aliphatic carbocycles. The van der Waals surface area contributed by atoms with Crippen molar-refractivity contribution in [2.75, 3.05) is 13.1 Å². The van der Waals surface area contributed by atoms with Crippen LogP contribution in [-0.4, -0.2) is 31.0 Å². The molecule has 1 aromatic rings.